The number of hydrogen-bond donors (Lipinski definition) is 0. The summed E-state index contributed by atoms with van der Waals surface area (Å²) >= 11 is 0. The molecule has 1 fully saturated rings. The van der Waals surface area contributed by atoms with Gasteiger partial charge in [0.25, 0.3) is 5.91 Å². The molecule has 1 unspecified atom stereocenters. The number of urea groups is 1. The first-order valence-corrected chi connectivity index (χ1v) is 8.82. The van der Waals surface area contributed by atoms with Crippen molar-refractivity contribution in [2.45, 2.75) is 26.2 Å². The molecule has 1 aliphatic carbocycles. The lowest BCUT2D eigenvalue weighted by Gasteiger charge is -2.31. The Hall–Kier alpha value is -2.28. The van der Waals surface area contributed by atoms with Crippen LogP contribution in [0.15, 0.2) is 28.8 Å². The van der Waals surface area contributed by atoms with Gasteiger partial charge < -0.3 is 9.64 Å². The SMILES string of the molecule is CCCCCN1C(=O)N=C2C=C(C(=O)N3CCOCC3)C=CC2C1=O. The van der Waals surface area contributed by atoms with Gasteiger partial charge in [0.05, 0.1) is 24.8 Å². The maximum atomic E-state index is 12.6. The van der Waals surface area contributed by atoms with Crippen LogP contribution >= 0.6 is 0 Å². The molecule has 2 heterocycles. The molecule has 7 nitrogen and oxygen atoms in total. The molecule has 0 N–H and O–H groups in total. The Morgan fingerprint density at radius 1 is 1.28 bits per heavy atom. The molecule has 0 radical (unpaired) electrons. The third-order valence-electron chi connectivity index (χ3n) is 4.61. The predicted octanol–water partition coefficient (Wildman–Crippen LogP) is 1.55. The van der Waals surface area contributed by atoms with Crippen molar-refractivity contribution in [1.29, 1.82) is 0 Å². The summed E-state index contributed by atoms with van der Waals surface area (Å²) in [5.41, 5.74) is 0.817. The molecule has 7 heteroatoms. The number of ether oxygens (including phenoxy) is 1. The topological polar surface area (TPSA) is 79.3 Å². The largest absolute Gasteiger partial charge is 0.378 e. The van der Waals surface area contributed by atoms with Crippen LogP contribution in [0.4, 0.5) is 4.79 Å². The van der Waals surface area contributed by atoms with Crippen LogP contribution in [-0.4, -0.2) is 66.2 Å². The van der Waals surface area contributed by atoms with E-state index in [0.29, 0.717) is 44.1 Å². The number of morpholine rings is 1. The minimum atomic E-state index is -0.569. The van der Waals surface area contributed by atoms with Gasteiger partial charge in [0, 0.05) is 25.2 Å². The van der Waals surface area contributed by atoms with Crippen LogP contribution in [0.1, 0.15) is 26.2 Å². The third-order valence-corrected chi connectivity index (χ3v) is 4.61. The average Bonchev–Trinajstić information content (AvgIpc) is 2.64. The maximum Gasteiger partial charge on any atom is 0.350 e. The summed E-state index contributed by atoms with van der Waals surface area (Å²) in [6, 6.07) is -0.530. The highest BCUT2D eigenvalue weighted by Crippen LogP contribution is 2.23. The van der Waals surface area contributed by atoms with Gasteiger partial charge in [-0.2, -0.15) is 4.99 Å². The van der Waals surface area contributed by atoms with Gasteiger partial charge in [0.15, 0.2) is 0 Å². The van der Waals surface area contributed by atoms with E-state index in [4.69, 9.17) is 4.74 Å². The molecule has 4 amide bonds. The minimum absolute atomic E-state index is 0.119. The summed E-state index contributed by atoms with van der Waals surface area (Å²) in [5, 5.41) is 0. The van der Waals surface area contributed by atoms with Crippen LogP contribution in [-0.2, 0) is 14.3 Å². The standard InChI is InChI=1S/C18H23N3O4/c1-2-3-4-7-21-17(23)14-6-5-13(12-15(14)19-18(21)24)16(22)20-8-10-25-11-9-20/h5-6,12,14H,2-4,7-11H2,1H3. The minimum Gasteiger partial charge on any atom is -0.378 e. The van der Waals surface area contributed by atoms with Gasteiger partial charge >= 0.3 is 6.03 Å². The van der Waals surface area contributed by atoms with Gasteiger partial charge in [-0.3, -0.25) is 14.5 Å². The lowest BCUT2D eigenvalue weighted by atomic mass is 9.91. The van der Waals surface area contributed by atoms with E-state index in [9.17, 15) is 14.4 Å². The Balaban J connectivity index is 1.74. The molecule has 1 atom stereocenters. The van der Waals surface area contributed by atoms with Gasteiger partial charge in [-0.05, 0) is 12.5 Å². The van der Waals surface area contributed by atoms with Crippen molar-refractivity contribution < 1.29 is 19.1 Å². The second-order valence-electron chi connectivity index (χ2n) is 6.36. The number of fused-ring (bicyclic) bond motifs is 1. The summed E-state index contributed by atoms with van der Waals surface area (Å²) in [6.45, 7) is 4.60. The molecule has 0 spiro atoms. The quantitative estimate of drug-likeness (QED) is 0.708. The van der Waals surface area contributed by atoms with Crippen LogP contribution in [0.25, 0.3) is 0 Å². The average molecular weight is 345 g/mol. The number of imide groups is 1. The normalized spacial score (nSPS) is 23.3. The highest BCUT2D eigenvalue weighted by molar-refractivity contribution is 6.23. The van der Waals surface area contributed by atoms with Crippen molar-refractivity contribution in [2.24, 2.45) is 10.9 Å². The predicted molar refractivity (Wildman–Crippen MR) is 92.2 cm³/mol. The first-order chi connectivity index (χ1) is 12.1. The number of carbonyl (C=O) groups excluding carboxylic acids is 3. The Labute approximate surface area is 147 Å². The Kier molecular flexibility index (Phi) is 5.43. The number of rotatable bonds is 5. The van der Waals surface area contributed by atoms with E-state index in [-0.39, 0.29) is 11.8 Å². The van der Waals surface area contributed by atoms with Crippen molar-refractivity contribution in [1.82, 2.24) is 9.80 Å². The van der Waals surface area contributed by atoms with Crippen molar-refractivity contribution >= 4 is 23.6 Å². The second-order valence-corrected chi connectivity index (χ2v) is 6.36. The fraction of sp³-hybridized carbons (Fsp3) is 0.556. The number of hydrogen-bond acceptors (Lipinski definition) is 4. The summed E-state index contributed by atoms with van der Waals surface area (Å²) in [6.07, 6.45) is 7.68. The molecule has 0 aromatic rings. The maximum absolute atomic E-state index is 12.6. The summed E-state index contributed by atoms with van der Waals surface area (Å²) in [7, 11) is 0. The van der Waals surface area contributed by atoms with Crippen molar-refractivity contribution in [3.05, 3.63) is 23.8 Å². The Morgan fingerprint density at radius 2 is 2.04 bits per heavy atom. The number of allylic oxidation sites excluding steroid dienone is 1. The molecule has 0 aromatic heterocycles. The monoisotopic (exact) mass is 345 g/mol. The van der Waals surface area contributed by atoms with Crippen LogP contribution in [0.2, 0.25) is 0 Å². The van der Waals surface area contributed by atoms with E-state index in [1.54, 1.807) is 23.1 Å². The zero-order chi connectivity index (χ0) is 17.8. The van der Waals surface area contributed by atoms with Gasteiger partial charge in [-0.25, -0.2) is 4.79 Å². The lowest BCUT2D eigenvalue weighted by molar-refractivity contribution is -0.131. The molecule has 3 rings (SSSR count). The molecule has 25 heavy (non-hydrogen) atoms. The summed E-state index contributed by atoms with van der Waals surface area (Å²) in [4.78, 5) is 44.3. The first kappa shape index (κ1) is 17.5. The molecule has 134 valence electrons. The lowest BCUT2D eigenvalue weighted by Crippen LogP contribution is -2.47. The summed E-state index contributed by atoms with van der Waals surface area (Å²) < 4.78 is 5.25. The number of aliphatic imine (C=N–C) groups is 1. The molecule has 0 bridgehead atoms. The van der Waals surface area contributed by atoms with E-state index in [2.05, 4.69) is 11.9 Å². The first-order valence-electron chi connectivity index (χ1n) is 8.82. The fourth-order valence-electron chi connectivity index (χ4n) is 3.15. The molecular formula is C18H23N3O4. The zero-order valence-electron chi connectivity index (χ0n) is 14.4. The highest BCUT2D eigenvalue weighted by Gasteiger charge is 2.37. The van der Waals surface area contributed by atoms with Gasteiger partial charge in [0.1, 0.15) is 0 Å². The van der Waals surface area contributed by atoms with Gasteiger partial charge in [0.2, 0.25) is 5.91 Å². The third kappa shape index (κ3) is 3.71. The van der Waals surface area contributed by atoms with Crippen LogP contribution in [0.5, 0.6) is 0 Å². The Morgan fingerprint density at radius 3 is 2.76 bits per heavy atom. The fourth-order valence-corrected chi connectivity index (χ4v) is 3.15. The van der Waals surface area contributed by atoms with Crippen molar-refractivity contribution in [3.63, 3.8) is 0 Å². The Bertz CT molecular complexity index is 659. The van der Waals surface area contributed by atoms with Gasteiger partial charge in [-0.15, -0.1) is 0 Å². The van der Waals surface area contributed by atoms with E-state index >= 15 is 0 Å². The number of carbonyl (C=O) groups is 3. The summed E-state index contributed by atoms with van der Waals surface area (Å²) in [5.74, 6) is -0.942. The molecule has 1 saturated heterocycles. The van der Waals surface area contributed by atoms with Crippen LogP contribution < -0.4 is 0 Å². The van der Waals surface area contributed by atoms with Crippen molar-refractivity contribution in [2.75, 3.05) is 32.8 Å². The van der Waals surface area contributed by atoms with Crippen molar-refractivity contribution in [3.8, 4) is 0 Å². The number of amides is 4. The molecule has 0 saturated carbocycles. The molecular weight excluding hydrogens is 322 g/mol. The highest BCUT2D eigenvalue weighted by atomic mass is 16.5. The van der Waals surface area contributed by atoms with Crippen LogP contribution in [0, 0.1) is 5.92 Å². The number of unbranched alkanes of at least 4 members (excludes halogenated alkanes) is 2. The molecule has 3 aliphatic rings. The second kappa shape index (κ2) is 7.74. The molecule has 0 aromatic carbocycles. The van der Waals surface area contributed by atoms with E-state index in [1.165, 1.54) is 4.90 Å². The van der Waals surface area contributed by atoms with E-state index in [1.807, 2.05) is 0 Å². The number of nitrogens with zero attached hydrogens (tertiary/aromatic N) is 3. The zero-order valence-corrected chi connectivity index (χ0v) is 14.4. The molecule has 2 aliphatic heterocycles. The van der Waals surface area contributed by atoms with E-state index in [0.717, 1.165) is 19.3 Å². The van der Waals surface area contributed by atoms with Gasteiger partial charge in [-0.1, -0.05) is 31.9 Å². The smallest absolute Gasteiger partial charge is 0.350 e. The van der Waals surface area contributed by atoms with E-state index < -0.39 is 11.9 Å². The van der Waals surface area contributed by atoms with Crippen LogP contribution in [0.3, 0.4) is 0 Å².